The first-order valence-corrected chi connectivity index (χ1v) is 10.6. The standard InChI is InChI=1S/C26H26N2O3/c1-2-31-26(30)23-9-5-6-10-24(23)27-25(29)21-13-11-19(12-14-21)17-28-16-15-20-7-3-4-8-22(20)18-28/h3-14H,2,15-18H2,1H3,(H,27,29). The fraction of sp³-hybridized carbons (Fsp3) is 0.231. The van der Waals surface area contributed by atoms with Crippen molar-refractivity contribution in [1.29, 1.82) is 0 Å². The SMILES string of the molecule is CCOC(=O)c1ccccc1NC(=O)c1ccc(CN2CCc3ccccc3C2)cc1. The van der Waals surface area contributed by atoms with Crippen LogP contribution in [0.25, 0.3) is 0 Å². The molecule has 31 heavy (non-hydrogen) atoms. The Morgan fingerprint density at radius 1 is 0.935 bits per heavy atom. The Balaban J connectivity index is 1.40. The van der Waals surface area contributed by atoms with Crippen LogP contribution in [0.5, 0.6) is 0 Å². The number of nitrogens with one attached hydrogen (secondary N) is 1. The number of carbonyl (C=O) groups is 2. The van der Waals surface area contributed by atoms with Crippen LogP contribution in [-0.2, 0) is 24.2 Å². The normalized spacial score (nSPS) is 13.3. The number of carbonyl (C=O) groups excluding carboxylic acids is 2. The zero-order chi connectivity index (χ0) is 21.6. The lowest BCUT2D eigenvalue weighted by Crippen LogP contribution is -2.29. The molecule has 0 unspecified atom stereocenters. The third-order valence-electron chi connectivity index (χ3n) is 5.50. The van der Waals surface area contributed by atoms with Crippen LogP contribution in [0, 0.1) is 0 Å². The summed E-state index contributed by atoms with van der Waals surface area (Å²) in [6, 6.07) is 23.1. The van der Waals surface area contributed by atoms with Gasteiger partial charge in [0.2, 0.25) is 0 Å². The first-order valence-electron chi connectivity index (χ1n) is 10.6. The number of rotatable bonds is 6. The predicted octanol–water partition coefficient (Wildman–Crippen LogP) is 4.67. The Bertz CT molecular complexity index is 1080. The van der Waals surface area contributed by atoms with E-state index in [2.05, 4.69) is 34.5 Å². The molecule has 1 aliphatic rings. The minimum atomic E-state index is -0.447. The van der Waals surface area contributed by atoms with Gasteiger partial charge in [0.15, 0.2) is 0 Å². The van der Waals surface area contributed by atoms with E-state index >= 15 is 0 Å². The van der Waals surface area contributed by atoms with Crippen molar-refractivity contribution in [2.45, 2.75) is 26.4 Å². The van der Waals surface area contributed by atoms with Gasteiger partial charge in [0.25, 0.3) is 5.91 Å². The summed E-state index contributed by atoms with van der Waals surface area (Å²) in [5, 5.41) is 2.83. The van der Waals surface area contributed by atoms with Crippen LogP contribution in [0.3, 0.4) is 0 Å². The fourth-order valence-corrected chi connectivity index (χ4v) is 3.88. The van der Waals surface area contributed by atoms with E-state index in [-0.39, 0.29) is 12.5 Å². The summed E-state index contributed by atoms with van der Waals surface area (Å²) < 4.78 is 5.07. The van der Waals surface area contributed by atoms with Gasteiger partial charge in [0, 0.05) is 25.2 Å². The van der Waals surface area contributed by atoms with Crippen molar-refractivity contribution in [1.82, 2.24) is 4.90 Å². The number of esters is 1. The third-order valence-corrected chi connectivity index (χ3v) is 5.50. The van der Waals surface area contributed by atoms with Crippen LogP contribution < -0.4 is 5.32 Å². The van der Waals surface area contributed by atoms with E-state index in [9.17, 15) is 9.59 Å². The van der Waals surface area contributed by atoms with Crippen molar-refractivity contribution in [3.63, 3.8) is 0 Å². The monoisotopic (exact) mass is 414 g/mol. The Morgan fingerprint density at radius 2 is 1.65 bits per heavy atom. The lowest BCUT2D eigenvalue weighted by molar-refractivity contribution is 0.0527. The quantitative estimate of drug-likeness (QED) is 0.596. The van der Waals surface area contributed by atoms with Crippen LogP contribution in [0.15, 0.2) is 72.8 Å². The number of para-hydroxylation sites is 1. The van der Waals surface area contributed by atoms with E-state index in [0.717, 1.165) is 26.1 Å². The molecule has 0 atom stereocenters. The van der Waals surface area contributed by atoms with E-state index in [1.807, 2.05) is 24.3 Å². The molecule has 3 aromatic carbocycles. The molecule has 0 saturated heterocycles. The van der Waals surface area contributed by atoms with Crippen molar-refractivity contribution < 1.29 is 14.3 Å². The first kappa shape index (κ1) is 20.8. The van der Waals surface area contributed by atoms with Crippen molar-refractivity contribution in [3.8, 4) is 0 Å². The van der Waals surface area contributed by atoms with Crippen LogP contribution in [0.2, 0.25) is 0 Å². The van der Waals surface area contributed by atoms with Gasteiger partial charge < -0.3 is 10.1 Å². The van der Waals surface area contributed by atoms with Gasteiger partial charge in [-0.2, -0.15) is 0 Å². The van der Waals surface area contributed by atoms with E-state index in [0.29, 0.717) is 16.8 Å². The second-order valence-electron chi connectivity index (χ2n) is 7.65. The topological polar surface area (TPSA) is 58.6 Å². The smallest absolute Gasteiger partial charge is 0.340 e. The molecule has 158 valence electrons. The van der Waals surface area contributed by atoms with E-state index in [1.165, 1.54) is 16.7 Å². The van der Waals surface area contributed by atoms with Crippen LogP contribution in [0.4, 0.5) is 5.69 Å². The number of amides is 1. The molecule has 1 amide bonds. The van der Waals surface area contributed by atoms with Crippen LogP contribution in [-0.4, -0.2) is 29.9 Å². The fourth-order valence-electron chi connectivity index (χ4n) is 3.88. The summed E-state index contributed by atoms with van der Waals surface area (Å²) in [5.74, 6) is -0.702. The summed E-state index contributed by atoms with van der Waals surface area (Å²) in [5.41, 5.74) is 5.34. The maximum Gasteiger partial charge on any atom is 0.340 e. The lowest BCUT2D eigenvalue weighted by atomic mass is 9.99. The number of hydrogen-bond donors (Lipinski definition) is 1. The lowest BCUT2D eigenvalue weighted by Gasteiger charge is -2.28. The minimum Gasteiger partial charge on any atom is -0.462 e. The Labute approximate surface area is 182 Å². The molecule has 5 nitrogen and oxygen atoms in total. The van der Waals surface area contributed by atoms with Gasteiger partial charge in [0.1, 0.15) is 0 Å². The molecule has 0 aliphatic carbocycles. The third kappa shape index (κ3) is 5.01. The molecule has 0 fully saturated rings. The molecule has 1 heterocycles. The summed E-state index contributed by atoms with van der Waals surface area (Å²) in [6.45, 7) is 4.86. The number of ether oxygens (including phenoxy) is 1. The second kappa shape index (κ2) is 9.58. The zero-order valence-corrected chi connectivity index (χ0v) is 17.6. The molecule has 5 heteroatoms. The van der Waals surface area contributed by atoms with Crippen molar-refractivity contribution in [2.24, 2.45) is 0 Å². The van der Waals surface area contributed by atoms with Crippen molar-refractivity contribution in [3.05, 3.63) is 101 Å². The maximum atomic E-state index is 12.7. The molecule has 1 aliphatic heterocycles. The molecule has 1 N–H and O–H groups in total. The molecule has 3 aromatic rings. The number of fused-ring (bicyclic) bond motifs is 1. The molecule has 0 radical (unpaired) electrons. The highest BCUT2D eigenvalue weighted by atomic mass is 16.5. The zero-order valence-electron chi connectivity index (χ0n) is 17.6. The van der Waals surface area contributed by atoms with E-state index in [1.54, 1.807) is 31.2 Å². The summed E-state index contributed by atoms with van der Waals surface area (Å²) >= 11 is 0. The molecular weight excluding hydrogens is 388 g/mol. The Hall–Kier alpha value is -3.44. The molecule has 0 aromatic heterocycles. The molecular formula is C26H26N2O3. The van der Waals surface area contributed by atoms with Gasteiger partial charge in [-0.15, -0.1) is 0 Å². The van der Waals surface area contributed by atoms with Crippen LogP contribution in [0.1, 0.15) is 44.3 Å². The summed E-state index contributed by atoms with van der Waals surface area (Å²) in [7, 11) is 0. The van der Waals surface area contributed by atoms with E-state index < -0.39 is 5.97 Å². The maximum absolute atomic E-state index is 12.7. The average Bonchev–Trinajstić information content (AvgIpc) is 2.80. The van der Waals surface area contributed by atoms with Crippen LogP contribution >= 0.6 is 0 Å². The van der Waals surface area contributed by atoms with Crippen molar-refractivity contribution >= 4 is 17.6 Å². The Morgan fingerprint density at radius 3 is 2.42 bits per heavy atom. The average molecular weight is 415 g/mol. The summed E-state index contributed by atoms with van der Waals surface area (Å²) in [4.78, 5) is 27.3. The largest absolute Gasteiger partial charge is 0.462 e. The van der Waals surface area contributed by atoms with Gasteiger partial charge >= 0.3 is 5.97 Å². The van der Waals surface area contributed by atoms with Gasteiger partial charge in [-0.3, -0.25) is 9.69 Å². The molecule has 0 spiro atoms. The summed E-state index contributed by atoms with van der Waals surface area (Å²) in [6.07, 6.45) is 1.07. The first-order chi connectivity index (χ1) is 15.1. The predicted molar refractivity (Wildman–Crippen MR) is 121 cm³/mol. The second-order valence-corrected chi connectivity index (χ2v) is 7.65. The van der Waals surface area contributed by atoms with Crippen molar-refractivity contribution in [2.75, 3.05) is 18.5 Å². The van der Waals surface area contributed by atoms with Gasteiger partial charge in [-0.25, -0.2) is 4.79 Å². The van der Waals surface area contributed by atoms with Gasteiger partial charge in [0.05, 0.1) is 17.9 Å². The number of benzene rings is 3. The highest BCUT2D eigenvalue weighted by molar-refractivity contribution is 6.08. The van der Waals surface area contributed by atoms with Gasteiger partial charge in [-0.1, -0.05) is 48.5 Å². The molecule has 0 saturated carbocycles. The molecule has 4 rings (SSSR count). The highest BCUT2D eigenvalue weighted by Crippen LogP contribution is 2.21. The van der Waals surface area contributed by atoms with Gasteiger partial charge in [-0.05, 0) is 54.3 Å². The number of nitrogens with zero attached hydrogens (tertiary/aromatic N) is 1. The molecule has 0 bridgehead atoms. The Kier molecular flexibility index (Phi) is 6.43. The number of hydrogen-bond acceptors (Lipinski definition) is 4. The highest BCUT2D eigenvalue weighted by Gasteiger charge is 2.17. The minimum absolute atomic E-state index is 0.254. The number of anilines is 1. The van der Waals surface area contributed by atoms with E-state index in [4.69, 9.17) is 4.74 Å².